The highest BCUT2D eigenvalue weighted by Crippen LogP contribution is 2.19. The second-order valence-electron chi connectivity index (χ2n) is 3.40. The molecule has 0 spiro atoms. The van der Waals surface area contributed by atoms with E-state index in [0.717, 1.165) is 5.76 Å². The predicted octanol–water partition coefficient (Wildman–Crippen LogP) is 3.76. The number of aryl methyl sites for hydroxylation is 1. The van der Waals surface area contributed by atoms with E-state index in [2.05, 4.69) is 43.5 Å². The minimum Gasteiger partial charge on any atom is -0.483 e. The Balaban J connectivity index is 2.74. The second-order valence-corrected chi connectivity index (χ2v) is 3.40. The van der Waals surface area contributed by atoms with Gasteiger partial charge in [0.1, 0.15) is 11.9 Å². The molecule has 1 heteroatoms. The highest BCUT2D eigenvalue weighted by molar-refractivity contribution is 5.23. The van der Waals surface area contributed by atoms with Gasteiger partial charge in [-0.1, -0.05) is 42.1 Å². The molecule has 1 aromatic carbocycles. The maximum Gasteiger partial charge on any atom is 0.135 e. The van der Waals surface area contributed by atoms with Gasteiger partial charge in [0, 0.05) is 6.92 Å². The van der Waals surface area contributed by atoms with Crippen LogP contribution in [-0.4, -0.2) is 0 Å². The molecule has 1 unspecified atom stereocenters. The van der Waals surface area contributed by atoms with Crippen LogP contribution in [0.5, 0.6) is 0 Å². The average molecular weight is 188 g/mol. The lowest BCUT2D eigenvalue weighted by Crippen LogP contribution is -1.97. The molecule has 0 heterocycles. The number of ether oxygens (including phenoxy) is 1. The van der Waals surface area contributed by atoms with Gasteiger partial charge in [-0.2, -0.15) is 0 Å². The third-order valence-electron chi connectivity index (χ3n) is 2.15. The molecule has 0 saturated heterocycles. The number of hydrogen-bond donors (Lipinski definition) is 0. The van der Waals surface area contributed by atoms with E-state index in [9.17, 15) is 0 Å². The molecule has 0 radical (unpaired) electrons. The Kier molecular flexibility index (Phi) is 3.55. The van der Waals surface area contributed by atoms with Crippen LogP contribution in [0.1, 0.15) is 31.1 Å². The normalized spacial score (nSPS) is 11.6. The summed E-state index contributed by atoms with van der Waals surface area (Å²) in [4.78, 5) is 0. The molecule has 74 valence electrons. The monoisotopic (exact) mass is 188 g/mol. The van der Waals surface area contributed by atoms with Crippen molar-refractivity contribution in [1.29, 1.82) is 0 Å². The van der Waals surface area contributed by atoms with E-state index < -0.39 is 0 Å². The van der Waals surface area contributed by atoms with Crippen LogP contribution in [0.25, 0.3) is 0 Å². The summed E-state index contributed by atoms with van der Waals surface area (Å²) in [7, 11) is 0. The summed E-state index contributed by atoms with van der Waals surface area (Å²) in [5, 5.41) is 0. The quantitative estimate of drug-likeness (QED) is 0.518. The molecule has 0 aliphatic rings. The maximum atomic E-state index is 5.57. The van der Waals surface area contributed by atoms with Gasteiger partial charge in [-0.15, -0.1) is 0 Å². The number of rotatable bonds is 3. The number of allylic oxidation sites excluding steroid dienone is 1. The number of benzene rings is 1. The third-order valence-corrected chi connectivity index (χ3v) is 2.15. The topological polar surface area (TPSA) is 9.23 Å². The summed E-state index contributed by atoms with van der Waals surface area (Å²) in [6.45, 7) is 9.49. The van der Waals surface area contributed by atoms with E-state index in [1.54, 1.807) is 0 Å². The molecular formula is C13H16O. The van der Waals surface area contributed by atoms with E-state index >= 15 is 0 Å². The smallest absolute Gasteiger partial charge is 0.135 e. The van der Waals surface area contributed by atoms with Crippen molar-refractivity contribution in [2.24, 2.45) is 0 Å². The minimum absolute atomic E-state index is 0.0600. The van der Waals surface area contributed by atoms with Gasteiger partial charge in [0.25, 0.3) is 0 Å². The molecule has 1 atom stereocenters. The Morgan fingerprint density at radius 1 is 1.36 bits per heavy atom. The molecule has 0 aliphatic heterocycles. The highest BCUT2D eigenvalue weighted by atomic mass is 16.5. The molecule has 1 rings (SSSR count). The highest BCUT2D eigenvalue weighted by Gasteiger charge is 2.05. The fraction of sp³-hybridized carbons (Fsp3) is 0.308. The summed E-state index contributed by atoms with van der Waals surface area (Å²) in [5.41, 5.74) is 5.15. The van der Waals surface area contributed by atoms with Crippen LogP contribution in [0, 0.1) is 6.92 Å². The second kappa shape index (κ2) is 4.69. The number of hydrogen-bond acceptors (Lipinski definition) is 1. The molecule has 1 nitrogen and oxygen atoms in total. The van der Waals surface area contributed by atoms with Crippen LogP contribution < -0.4 is 0 Å². The molecule has 0 fully saturated rings. The summed E-state index contributed by atoms with van der Waals surface area (Å²) >= 11 is 0. The zero-order valence-electron chi connectivity index (χ0n) is 9.00. The summed E-state index contributed by atoms with van der Waals surface area (Å²) in [6, 6.07) is 8.33. The molecule has 14 heavy (non-hydrogen) atoms. The van der Waals surface area contributed by atoms with Crippen molar-refractivity contribution in [3.05, 3.63) is 53.5 Å². The van der Waals surface area contributed by atoms with Crippen LogP contribution in [0.15, 0.2) is 42.3 Å². The molecule has 0 saturated carbocycles. The van der Waals surface area contributed by atoms with Crippen molar-refractivity contribution in [1.82, 2.24) is 0 Å². The first-order valence-electron chi connectivity index (χ1n) is 4.73. The average Bonchev–Trinajstić information content (AvgIpc) is 2.18. The van der Waals surface area contributed by atoms with Crippen molar-refractivity contribution >= 4 is 0 Å². The van der Waals surface area contributed by atoms with Gasteiger partial charge in [-0.25, -0.2) is 0 Å². The van der Waals surface area contributed by atoms with Gasteiger partial charge in [-0.3, -0.25) is 0 Å². The molecule has 0 bridgehead atoms. The van der Waals surface area contributed by atoms with E-state index in [-0.39, 0.29) is 6.10 Å². The summed E-state index contributed by atoms with van der Waals surface area (Å²) < 4.78 is 5.57. The van der Waals surface area contributed by atoms with Crippen molar-refractivity contribution < 1.29 is 4.74 Å². The Morgan fingerprint density at radius 3 is 2.43 bits per heavy atom. The van der Waals surface area contributed by atoms with E-state index in [1.807, 2.05) is 13.8 Å². The van der Waals surface area contributed by atoms with Crippen molar-refractivity contribution in [2.45, 2.75) is 26.9 Å². The largest absolute Gasteiger partial charge is 0.483 e. The Bertz CT molecular complexity index is 342. The fourth-order valence-corrected chi connectivity index (χ4v) is 1.21. The summed E-state index contributed by atoms with van der Waals surface area (Å²) in [5.74, 6) is 0.734. The first-order valence-corrected chi connectivity index (χ1v) is 4.73. The SMILES string of the molecule is C=C=C(C)OC(C)c1ccc(C)cc1. The van der Waals surface area contributed by atoms with Gasteiger partial charge in [0.05, 0.1) is 0 Å². The first-order chi connectivity index (χ1) is 6.63. The molecule has 0 N–H and O–H groups in total. The van der Waals surface area contributed by atoms with Gasteiger partial charge >= 0.3 is 0 Å². The van der Waals surface area contributed by atoms with Gasteiger partial charge < -0.3 is 4.74 Å². The van der Waals surface area contributed by atoms with Crippen LogP contribution in [0.3, 0.4) is 0 Å². The van der Waals surface area contributed by atoms with E-state index in [1.165, 1.54) is 11.1 Å². The van der Waals surface area contributed by atoms with Crippen LogP contribution in [0.4, 0.5) is 0 Å². The molecule has 0 amide bonds. The fourth-order valence-electron chi connectivity index (χ4n) is 1.21. The standard InChI is InChI=1S/C13H16O/c1-5-11(3)14-12(4)13-8-6-10(2)7-9-13/h6-9,12H,1H2,2-4H3. The first kappa shape index (κ1) is 10.6. The predicted molar refractivity (Wildman–Crippen MR) is 59.0 cm³/mol. The Labute approximate surface area is 85.7 Å². The minimum atomic E-state index is 0.0600. The maximum absolute atomic E-state index is 5.57. The molecular weight excluding hydrogens is 172 g/mol. The van der Waals surface area contributed by atoms with Crippen LogP contribution in [0.2, 0.25) is 0 Å². The van der Waals surface area contributed by atoms with Crippen molar-refractivity contribution in [2.75, 3.05) is 0 Å². The zero-order valence-corrected chi connectivity index (χ0v) is 9.00. The van der Waals surface area contributed by atoms with Crippen molar-refractivity contribution in [3.8, 4) is 0 Å². The third kappa shape index (κ3) is 2.79. The zero-order chi connectivity index (χ0) is 10.6. The lowest BCUT2D eigenvalue weighted by Gasteiger charge is -2.14. The van der Waals surface area contributed by atoms with Gasteiger partial charge in [0.15, 0.2) is 0 Å². The Hall–Kier alpha value is -1.46. The molecule has 0 aromatic heterocycles. The van der Waals surface area contributed by atoms with Gasteiger partial charge in [0.2, 0.25) is 0 Å². The lowest BCUT2D eigenvalue weighted by atomic mass is 10.1. The van der Waals surface area contributed by atoms with Crippen LogP contribution in [-0.2, 0) is 4.74 Å². The van der Waals surface area contributed by atoms with E-state index in [0.29, 0.717) is 0 Å². The van der Waals surface area contributed by atoms with Gasteiger partial charge in [-0.05, 0) is 19.4 Å². The van der Waals surface area contributed by atoms with Crippen LogP contribution >= 0.6 is 0 Å². The summed E-state index contributed by atoms with van der Waals surface area (Å²) in [6.07, 6.45) is 0.0600. The Morgan fingerprint density at radius 2 is 1.93 bits per heavy atom. The lowest BCUT2D eigenvalue weighted by molar-refractivity contribution is 0.135. The molecule has 0 aliphatic carbocycles. The van der Waals surface area contributed by atoms with Crippen molar-refractivity contribution in [3.63, 3.8) is 0 Å². The molecule has 1 aromatic rings. The van der Waals surface area contributed by atoms with E-state index in [4.69, 9.17) is 4.74 Å².